The first-order valence-electron chi connectivity index (χ1n) is 7.55. The standard InChI is InChI=1S/C17H18N4O2S/c1-12-6-9-24-14(12)10-21-15(5-7-18-21)19-16(22)11-20-8-3-4-13(2)17(20)23/h3-9H,10-11H2,1-2H3,(H,19,22). The van der Waals surface area contributed by atoms with Gasteiger partial charge in [-0.15, -0.1) is 11.3 Å². The Morgan fingerprint density at radius 1 is 1.25 bits per heavy atom. The summed E-state index contributed by atoms with van der Waals surface area (Å²) in [7, 11) is 0. The molecular formula is C17H18N4O2S. The monoisotopic (exact) mass is 342 g/mol. The van der Waals surface area contributed by atoms with Crippen molar-refractivity contribution in [2.75, 3.05) is 5.32 Å². The predicted molar refractivity (Wildman–Crippen MR) is 94.5 cm³/mol. The highest BCUT2D eigenvalue weighted by molar-refractivity contribution is 7.10. The van der Waals surface area contributed by atoms with Gasteiger partial charge in [-0.1, -0.05) is 6.07 Å². The van der Waals surface area contributed by atoms with Crippen molar-refractivity contribution >= 4 is 23.1 Å². The Morgan fingerprint density at radius 3 is 2.83 bits per heavy atom. The van der Waals surface area contributed by atoms with E-state index >= 15 is 0 Å². The van der Waals surface area contributed by atoms with Crippen LogP contribution < -0.4 is 10.9 Å². The first-order chi connectivity index (χ1) is 11.5. The smallest absolute Gasteiger partial charge is 0.253 e. The van der Waals surface area contributed by atoms with Crippen LogP contribution in [0.5, 0.6) is 0 Å². The molecule has 0 atom stereocenters. The molecule has 0 spiro atoms. The van der Waals surface area contributed by atoms with E-state index < -0.39 is 0 Å². The number of aromatic nitrogens is 3. The fourth-order valence-corrected chi connectivity index (χ4v) is 3.27. The molecule has 3 rings (SSSR count). The molecule has 3 aromatic rings. The van der Waals surface area contributed by atoms with E-state index in [1.54, 1.807) is 53.5 Å². The van der Waals surface area contributed by atoms with Crippen LogP contribution in [0.3, 0.4) is 0 Å². The third-order valence-corrected chi connectivity index (χ3v) is 4.78. The summed E-state index contributed by atoms with van der Waals surface area (Å²) in [5, 5.41) is 9.13. The van der Waals surface area contributed by atoms with Crippen LogP contribution in [0.1, 0.15) is 16.0 Å². The van der Waals surface area contributed by atoms with E-state index in [9.17, 15) is 9.59 Å². The van der Waals surface area contributed by atoms with Gasteiger partial charge in [0.05, 0.1) is 12.7 Å². The fourth-order valence-electron chi connectivity index (χ4n) is 2.39. The molecule has 0 radical (unpaired) electrons. The average molecular weight is 342 g/mol. The summed E-state index contributed by atoms with van der Waals surface area (Å²) in [4.78, 5) is 25.4. The molecule has 3 aromatic heterocycles. The van der Waals surface area contributed by atoms with E-state index in [2.05, 4.69) is 23.4 Å². The topological polar surface area (TPSA) is 68.9 Å². The lowest BCUT2D eigenvalue weighted by Crippen LogP contribution is -2.28. The van der Waals surface area contributed by atoms with Crippen molar-refractivity contribution in [3.8, 4) is 0 Å². The average Bonchev–Trinajstić information content (AvgIpc) is 3.14. The van der Waals surface area contributed by atoms with Crippen LogP contribution in [0.2, 0.25) is 0 Å². The van der Waals surface area contributed by atoms with E-state index in [-0.39, 0.29) is 18.0 Å². The highest BCUT2D eigenvalue weighted by atomic mass is 32.1. The van der Waals surface area contributed by atoms with Gasteiger partial charge < -0.3 is 9.88 Å². The van der Waals surface area contributed by atoms with Crippen LogP contribution in [0, 0.1) is 13.8 Å². The SMILES string of the molecule is Cc1ccsc1Cn1nccc1NC(=O)Cn1cccc(C)c1=O. The van der Waals surface area contributed by atoms with Crippen molar-refractivity contribution in [1.29, 1.82) is 0 Å². The maximum atomic E-state index is 12.3. The van der Waals surface area contributed by atoms with Gasteiger partial charge in [-0.3, -0.25) is 9.59 Å². The van der Waals surface area contributed by atoms with Crippen LogP contribution in [0.15, 0.2) is 46.8 Å². The Bertz CT molecular complexity index is 923. The molecule has 1 N–H and O–H groups in total. The first-order valence-corrected chi connectivity index (χ1v) is 8.43. The van der Waals surface area contributed by atoms with Crippen molar-refractivity contribution < 1.29 is 4.79 Å². The van der Waals surface area contributed by atoms with Crippen molar-refractivity contribution in [2.45, 2.75) is 26.9 Å². The number of amides is 1. The van der Waals surface area contributed by atoms with Crippen LogP contribution in [0.4, 0.5) is 5.82 Å². The second-order valence-electron chi connectivity index (χ2n) is 5.57. The fraction of sp³-hybridized carbons (Fsp3) is 0.235. The zero-order chi connectivity index (χ0) is 17.1. The molecular weight excluding hydrogens is 324 g/mol. The number of thiophene rings is 1. The maximum Gasteiger partial charge on any atom is 0.253 e. The van der Waals surface area contributed by atoms with Gasteiger partial charge in [0.1, 0.15) is 12.4 Å². The molecule has 0 aliphatic rings. The van der Waals surface area contributed by atoms with Crippen LogP contribution >= 0.6 is 11.3 Å². The van der Waals surface area contributed by atoms with Gasteiger partial charge in [0.25, 0.3) is 5.56 Å². The Morgan fingerprint density at radius 2 is 2.08 bits per heavy atom. The van der Waals surface area contributed by atoms with E-state index in [0.717, 1.165) is 0 Å². The number of hydrogen-bond donors (Lipinski definition) is 1. The summed E-state index contributed by atoms with van der Waals surface area (Å²) in [6.07, 6.45) is 3.26. The van der Waals surface area contributed by atoms with Gasteiger partial charge in [-0.05, 0) is 36.9 Å². The number of carbonyl (C=O) groups is 1. The molecule has 0 bridgehead atoms. The molecule has 124 valence electrons. The molecule has 0 unspecified atom stereocenters. The third-order valence-electron chi connectivity index (χ3n) is 3.77. The number of rotatable bonds is 5. The molecule has 0 aromatic carbocycles. The molecule has 0 aliphatic carbocycles. The van der Waals surface area contributed by atoms with Gasteiger partial charge in [0.2, 0.25) is 5.91 Å². The second kappa shape index (κ2) is 6.84. The number of pyridine rings is 1. The number of nitrogens with zero attached hydrogens (tertiary/aromatic N) is 3. The summed E-state index contributed by atoms with van der Waals surface area (Å²) < 4.78 is 3.14. The molecule has 3 heterocycles. The second-order valence-corrected chi connectivity index (χ2v) is 6.57. The molecule has 6 nitrogen and oxygen atoms in total. The summed E-state index contributed by atoms with van der Waals surface area (Å²) in [5.41, 5.74) is 1.66. The number of nitrogens with one attached hydrogen (secondary N) is 1. The molecule has 0 saturated carbocycles. The molecule has 24 heavy (non-hydrogen) atoms. The summed E-state index contributed by atoms with van der Waals surface area (Å²) in [5.74, 6) is 0.362. The van der Waals surface area contributed by atoms with Gasteiger partial charge in [0, 0.05) is 22.7 Å². The lowest BCUT2D eigenvalue weighted by Gasteiger charge is -2.10. The van der Waals surface area contributed by atoms with Gasteiger partial charge in [-0.25, -0.2) is 4.68 Å². The van der Waals surface area contributed by atoms with Crippen molar-refractivity contribution in [1.82, 2.24) is 14.3 Å². The summed E-state index contributed by atoms with van der Waals surface area (Å²) in [6, 6.07) is 7.30. The molecule has 0 fully saturated rings. The first kappa shape index (κ1) is 16.2. The number of aryl methyl sites for hydroxylation is 2. The van der Waals surface area contributed by atoms with Crippen LogP contribution in [-0.2, 0) is 17.9 Å². The lowest BCUT2D eigenvalue weighted by atomic mass is 10.3. The van der Waals surface area contributed by atoms with Gasteiger partial charge >= 0.3 is 0 Å². The normalized spacial score (nSPS) is 10.8. The predicted octanol–water partition coefficient (Wildman–Crippen LogP) is 2.41. The minimum atomic E-state index is -0.257. The van der Waals surface area contributed by atoms with Crippen LogP contribution in [0.25, 0.3) is 0 Å². The largest absolute Gasteiger partial charge is 0.309 e. The number of hydrogen-bond acceptors (Lipinski definition) is 4. The molecule has 1 amide bonds. The minimum absolute atomic E-state index is 0.0241. The maximum absolute atomic E-state index is 12.3. The number of carbonyl (C=O) groups excluding carboxylic acids is 1. The third kappa shape index (κ3) is 3.46. The van der Waals surface area contributed by atoms with E-state index in [1.807, 2.05) is 5.38 Å². The van der Waals surface area contributed by atoms with E-state index in [1.165, 1.54) is 15.0 Å². The van der Waals surface area contributed by atoms with Crippen LogP contribution in [-0.4, -0.2) is 20.3 Å². The van der Waals surface area contributed by atoms with E-state index in [0.29, 0.717) is 17.9 Å². The van der Waals surface area contributed by atoms with E-state index in [4.69, 9.17) is 0 Å². The van der Waals surface area contributed by atoms with Gasteiger partial charge in [0.15, 0.2) is 0 Å². The van der Waals surface area contributed by atoms with Gasteiger partial charge in [-0.2, -0.15) is 5.10 Å². The minimum Gasteiger partial charge on any atom is -0.309 e. The Balaban J connectivity index is 1.71. The Labute approximate surface area is 143 Å². The molecule has 0 aliphatic heterocycles. The summed E-state index contributed by atoms with van der Waals surface area (Å²) in [6.45, 7) is 4.37. The van der Waals surface area contributed by atoms with Crippen molar-refractivity contribution in [2.24, 2.45) is 0 Å². The Kier molecular flexibility index (Phi) is 4.61. The highest BCUT2D eigenvalue weighted by Crippen LogP contribution is 2.18. The zero-order valence-electron chi connectivity index (χ0n) is 13.5. The van der Waals surface area contributed by atoms with Crippen molar-refractivity contribution in [3.05, 3.63) is 68.4 Å². The molecule has 7 heteroatoms. The zero-order valence-corrected chi connectivity index (χ0v) is 14.3. The quantitative estimate of drug-likeness (QED) is 0.774. The summed E-state index contributed by atoms with van der Waals surface area (Å²) >= 11 is 1.66. The van der Waals surface area contributed by atoms with Crippen molar-refractivity contribution in [3.63, 3.8) is 0 Å². The number of anilines is 1. The molecule has 0 saturated heterocycles. The Hall–Kier alpha value is -2.67. The lowest BCUT2D eigenvalue weighted by molar-refractivity contribution is -0.116. The highest BCUT2D eigenvalue weighted by Gasteiger charge is 2.11.